The lowest BCUT2D eigenvalue weighted by molar-refractivity contribution is -0.108. The molecule has 0 N–H and O–H groups in total. The summed E-state index contributed by atoms with van der Waals surface area (Å²) in [5, 5.41) is 0. The molecule has 0 aromatic heterocycles. The molecule has 0 heterocycles. The van der Waals surface area contributed by atoms with Gasteiger partial charge in [0.25, 0.3) is 0 Å². The van der Waals surface area contributed by atoms with Gasteiger partial charge in [-0.2, -0.15) is 0 Å². The van der Waals surface area contributed by atoms with Crippen molar-refractivity contribution in [2.24, 2.45) is 0 Å². The van der Waals surface area contributed by atoms with Crippen LogP contribution >= 0.6 is 0 Å². The summed E-state index contributed by atoms with van der Waals surface area (Å²) in [7, 11) is 0. The second-order valence-corrected chi connectivity index (χ2v) is 2.62. The first-order chi connectivity index (χ1) is 5.84. The predicted octanol–water partition coefficient (Wildman–Crippen LogP) is 2.68. The molecule has 0 aliphatic carbocycles. The molecular formula is C10H11FO. The van der Waals surface area contributed by atoms with E-state index in [0.717, 1.165) is 6.29 Å². The molecule has 0 aliphatic rings. The van der Waals surface area contributed by atoms with E-state index < -0.39 is 6.17 Å². The molecule has 12 heavy (non-hydrogen) atoms. The highest BCUT2D eigenvalue weighted by atomic mass is 19.1. The van der Waals surface area contributed by atoms with Crippen molar-refractivity contribution in [2.45, 2.75) is 19.0 Å². The molecule has 1 aromatic rings. The van der Waals surface area contributed by atoms with Crippen LogP contribution in [0.2, 0.25) is 0 Å². The van der Waals surface area contributed by atoms with Gasteiger partial charge in [0.15, 0.2) is 0 Å². The van der Waals surface area contributed by atoms with Crippen molar-refractivity contribution in [1.29, 1.82) is 0 Å². The minimum atomic E-state index is -1.00. The molecule has 0 aliphatic heterocycles. The van der Waals surface area contributed by atoms with Crippen LogP contribution < -0.4 is 0 Å². The number of hydrogen-bond acceptors (Lipinski definition) is 1. The Hall–Kier alpha value is -1.18. The van der Waals surface area contributed by atoms with Crippen LogP contribution in [0, 0.1) is 0 Å². The number of alkyl halides is 1. The Morgan fingerprint density at radius 1 is 1.33 bits per heavy atom. The number of halogens is 1. The van der Waals surface area contributed by atoms with Gasteiger partial charge >= 0.3 is 0 Å². The largest absolute Gasteiger partial charge is 0.303 e. The smallest absolute Gasteiger partial charge is 0.126 e. The molecular weight excluding hydrogens is 155 g/mol. The number of carbonyl (C=O) groups excluding carboxylic acids is 1. The Morgan fingerprint density at radius 3 is 2.58 bits per heavy atom. The molecule has 0 fully saturated rings. The van der Waals surface area contributed by atoms with Crippen molar-refractivity contribution < 1.29 is 9.18 Å². The minimum absolute atomic E-state index is 0.285. The predicted molar refractivity (Wildman–Crippen MR) is 45.6 cm³/mol. The molecule has 0 saturated carbocycles. The van der Waals surface area contributed by atoms with E-state index in [1.165, 1.54) is 0 Å². The monoisotopic (exact) mass is 166 g/mol. The highest BCUT2D eigenvalue weighted by Gasteiger charge is 2.07. The summed E-state index contributed by atoms with van der Waals surface area (Å²) >= 11 is 0. The van der Waals surface area contributed by atoms with E-state index in [9.17, 15) is 9.18 Å². The first-order valence-electron chi connectivity index (χ1n) is 3.97. The molecule has 1 aromatic carbocycles. The van der Waals surface area contributed by atoms with Gasteiger partial charge in [-0.05, 0) is 12.0 Å². The normalized spacial score (nSPS) is 12.4. The lowest BCUT2D eigenvalue weighted by Crippen LogP contribution is -1.91. The second kappa shape index (κ2) is 4.65. The fourth-order valence-electron chi connectivity index (χ4n) is 1.04. The average Bonchev–Trinajstić information content (AvgIpc) is 2.15. The van der Waals surface area contributed by atoms with Crippen LogP contribution in [-0.4, -0.2) is 6.29 Å². The van der Waals surface area contributed by atoms with E-state index in [1.807, 2.05) is 6.07 Å². The zero-order valence-electron chi connectivity index (χ0n) is 6.74. The Kier molecular flexibility index (Phi) is 3.45. The summed E-state index contributed by atoms with van der Waals surface area (Å²) in [5.41, 5.74) is 0.652. The fraction of sp³-hybridized carbons (Fsp3) is 0.300. The molecule has 1 rings (SSSR count). The maximum absolute atomic E-state index is 13.2. The fourth-order valence-corrected chi connectivity index (χ4v) is 1.04. The zero-order chi connectivity index (χ0) is 8.81. The summed E-state index contributed by atoms with van der Waals surface area (Å²) < 4.78 is 13.2. The van der Waals surface area contributed by atoms with Crippen molar-refractivity contribution in [2.75, 3.05) is 0 Å². The third kappa shape index (κ3) is 2.46. The maximum atomic E-state index is 13.2. The quantitative estimate of drug-likeness (QED) is 0.628. The van der Waals surface area contributed by atoms with E-state index >= 15 is 0 Å². The Balaban J connectivity index is 2.53. The first-order valence-corrected chi connectivity index (χ1v) is 3.97. The van der Waals surface area contributed by atoms with E-state index in [1.54, 1.807) is 24.3 Å². The lowest BCUT2D eigenvalue weighted by atomic mass is 10.1. The van der Waals surface area contributed by atoms with E-state index in [0.29, 0.717) is 5.56 Å². The average molecular weight is 166 g/mol. The van der Waals surface area contributed by atoms with Gasteiger partial charge in [0, 0.05) is 6.42 Å². The van der Waals surface area contributed by atoms with Crippen molar-refractivity contribution >= 4 is 6.29 Å². The van der Waals surface area contributed by atoms with Crippen LogP contribution in [0.5, 0.6) is 0 Å². The molecule has 0 radical (unpaired) electrons. The number of aldehydes is 1. The molecule has 64 valence electrons. The summed E-state index contributed by atoms with van der Waals surface area (Å²) in [6, 6.07) is 8.90. The van der Waals surface area contributed by atoms with Gasteiger partial charge in [0.2, 0.25) is 0 Å². The van der Waals surface area contributed by atoms with E-state index in [2.05, 4.69) is 0 Å². The van der Waals surface area contributed by atoms with Crippen molar-refractivity contribution in [1.82, 2.24) is 0 Å². The number of rotatable bonds is 4. The third-order valence-corrected chi connectivity index (χ3v) is 1.70. The van der Waals surface area contributed by atoms with Crippen LogP contribution in [0.4, 0.5) is 4.39 Å². The topological polar surface area (TPSA) is 17.1 Å². The molecule has 1 unspecified atom stereocenters. The molecule has 0 spiro atoms. The Labute approximate surface area is 71.2 Å². The minimum Gasteiger partial charge on any atom is -0.303 e. The van der Waals surface area contributed by atoms with Crippen LogP contribution in [-0.2, 0) is 4.79 Å². The van der Waals surface area contributed by atoms with Crippen LogP contribution in [0.3, 0.4) is 0 Å². The standard InChI is InChI=1S/C10H11FO/c11-10(7-4-8-12)9-5-2-1-3-6-9/h1-3,5-6,8,10H,4,7H2. The highest BCUT2D eigenvalue weighted by Crippen LogP contribution is 2.21. The molecule has 0 saturated heterocycles. The van der Waals surface area contributed by atoms with Crippen LogP contribution in [0.1, 0.15) is 24.6 Å². The van der Waals surface area contributed by atoms with Gasteiger partial charge in [-0.1, -0.05) is 30.3 Å². The van der Waals surface area contributed by atoms with Crippen molar-refractivity contribution in [3.8, 4) is 0 Å². The Morgan fingerprint density at radius 2 is 2.00 bits per heavy atom. The van der Waals surface area contributed by atoms with Gasteiger partial charge in [0.1, 0.15) is 12.5 Å². The second-order valence-electron chi connectivity index (χ2n) is 2.62. The number of benzene rings is 1. The van der Waals surface area contributed by atoms with Crippen LogP contribution in [0.15, 0.2) is 30.3 Å². The van der Waals surface area contributed by atoms with Gasteiger partial charge in [-0.25, -0.2) is 4.39 Å². The zero-order valence-corrected chi connectivity index (χ0v) is 6.74. The van der Waals surface area contributed by atoms with Crippen molar-refractivity contribution in [3.05, 3.63) is 35.9 Å². The van der Waals surface area contributed by atoms with Crippen molar-refractivity contribution in [3.63, 3.8) is 0 Å². The maximum Gasteiger partial charge on any atom is 0.126 e. The van der Waals surface area contributed by atoms with Gasteiger partial charge in [-0.15, -0.1) is 0 Å². The lowest BCUT2D eigenvalue weighted by Gasteiger charge is -2.04. The van der Waals surface area contributed by atoms with Crippen LogP contribution in [0.25, 0.3) is 0 Å². The molecule has 0 amide bonds. The first kappa shape index (κ1) is 8.91. The van der Waals surface area contributed by atoms with E-state index in [-0.39, 0.29) is 12.8 Å². The highest BCUT2D eigenvalue weighted by molar-refractivity contribution is 5.49. The summed E-state index contributed by atoms with van der Waals surface area (Å²) in [4.78, 5) is 9.97. The van der Waals surface area contributed by atoms with Gasteiger partial charge < -0.3 is 4.79 Å². The third-order valence-electron chi connectivity index (χ3n) is 1.70. The number of hydrogen-bond donors (Lipinski definition) is 0. The van der Waals surface area contributed by atoms with Gasteiger partial charge in [0.05, 0.1) is 0 Å². The summed E-state index contributed by atoms with van der Waals surface area (Å²) in [6.07, 6.45) is 0.315. The molecule has 0 bridgehead atoms. The molecule has 1 atom stereocenters. The summed E-state index contributed by atoms with van der Waals surface area (Å²) in [6.45, 7) is 0. The van der Waals surface area contributed by atoms with Gasteiger partial charge in [-0.3, -0.25) is 0 Å². The molecule has 1 nitrogen and oxygen atoms in total. The molecule has 2 heteroatoms. The SMILES string of the molecule is O=CCCC(F)c1ccccc1. The summed E-state index contributed by atoms with van der Waals surface area (Å²) in [5.74, 6) is 0. The number of carbonyl (C=O) groups is 1. The van der Waals surface area contributed by atoms with E-state index in [4.69, 9.17) is 0 Å². The Bertz CT molecular complexity index is 233.